The summed E-state index contributed by atoms with van der Waals surface area (Å²) >= 11 is 0. The summed E-state index contributed by atoms with van der Waals surface area (Å²) in [6.45, 7) is 8.37. The van der Waals surface area contributed by atoms with Crippen LogP contribution >= 0.6 is 0 Å². The van der Waals surface area contributed by atoms with Gasteiger partial charge in [-0.15, -0.1) is 0 Å². The van der Waals surface area contributed by atoms with E-state index in [0.29, 0.717) is 11.9 Å². The van der Waals surface area contributed by atoms with Crippen molar-refractivity contribution < 1.29 is 0 Å². The molecule has 1 fully saturated rings. The van der Waals surface area contributed by atoms with E-state index in [4.69, 9.17) is 10.7 Å². The number of rotatable bonds is 2. The Balaban J connectivity index is 2.24. The third-order valence-corrected chi connectivity index (χ3v) is 3.62. The standard InChI is InChI=1S/C14H25N5/c1-14(2,3)13-16-11(15)8-12(17-13)19-7-6-10(9-19)18(4)5/h8,10H,6-7,9H2,1-5H3,(H2,15,16,17). The van der Waals surface area contributed by atoms with Gasteiger partial charge in [0, 0.05) is 30.6 Å². The molecule has 1 saturated heterocycles. The molecule has 1 aromatic heterocycles. The van der Waals surface area contributed by atoms with Crippen molar-refractivity contribution in [1.82, 2.24) is 14.9 Å². The minimum absolute atomic E-state index is 0.0786. The fraction of sp³-hybridized carbons (Fsp3) is 0.714. The molecular formula is C14H25N5. The average molecular weight is 263 g/mol. The van der Waals surface area contributed by atoms with Gasteiger partial charge >= 0.3 is 0 Å². The maximum absolute atomic E-state index is 5.93. The fourth-order valence-electron chi connectivity index (χ4n) is 2.32. The van der Waals surface area contributed by atoms with Gasteiger partial charge in [0.1, 0.15) is 17.5 Å². The molecule has 2 heterocycles. The first-order valence-corrected chi connectivity index (χ1v) is 6.84. The number of hydrogen-bond acceptors (Lipinski definition) is 5. The van der Waals surface area contributed by atoms with Gasteiger partial charge in [-0.2, -0.15) is 0 Å². The minimum Gasteiger partial charge on any atom is -0.384 e. The van der Waals surface area contributed by atoms with Gasteiger partial charge in [0.2, 0.25) is 0 Å². The highest BCUT2D eigenvalue weighted by Crippen LogP contribution is 2.25. The molecule has 0 bridgehead atoms. The van der Waals surface area contributed by atoms with Gasteiger partial charge < -0.3 is 15.5 Å². The van der Waals surface area contributed by atoms with Gasteiger partial charge in [-0.25, -0.2) is 9.97 Å². The zero-order chi connectivity index (χ0) is 14.2. The van der Waals surface area contributed by atoms with E-state index in [9.17, 15) is 0 Å². The predicted octanol–water partition coefficient (Wildman–Crippen LogP) is 1.50. The van der Waals surface area contributed by atoms with Crippen LogP contribution in [0.5, 0.6) is 0 Å². The first-order valence-electron chi connectivity index (χ1n) is 6.84. The van der Waals surface area contributed by atoms with E-state index in [0.717, 1.165) is 24.7 Å². The van der Waals surface area contributed by atoms with Crippen LogP contribution in [-0.2, 0) is 5.41 Å². The molecule has 1 atom stereocenters. The smallest absolute Gasteiger partial charge is 0.138 e. The van der Waals surface area contributed by atoms with Crippen molar-refractivity contribution in [3.05, 3.63) is 11.9 Å². The Kier molecular flexibility index (Phi) is 3.67. The van der Waals surface area contributed by atoms with E-state index in [-0.39, 0.29) is 5.41 Å². The van der Waals surface area contributed by atoms with E-state index >= 15 is 0 Å². The number of hydrogen-bond donors (Lipinski definition) is 1. The van der Waals surface area contributed by atoms with Gasteiger partial charge in [0.15, 0.2) is 0 Å². The lowest BCUT2D eigenvalue weighted by Gasteiger charge is -2.23. The van der Waals surface area contributed by atoms with Crippen molar-refractivity contribution in [2.24, 2.45) is 0 Å². The summed E-state index contributed by atoms with van der Waals surface area (Å²) in [6, 6.07) is 2.47. The largest absolute Gasteiger partial charge is 0.384 e. The monoisotopic (exact) mass is 263 g/mol. The first kappa shape index (κ1) is 14.1. The van der Waals surface area contributed by atoms with Crippen LogP contribution < -0.4 is 10.6 Å². The van der Waals surface area contributed by atoms with Crippen molar-refractivity contribution >= 4 is 11.6 Å². The SMILES string of the molecule is CN(C)C1CCN(c2cc(N)nc(C(C)(C)C)n2)C1. The number of aromatic nitrogens is 2. The summed E-state index contributed by atoms with van der Waals surface area (Å²) in [4.78, 5) is 13.6. The Hall–Kier alpha value is -1.36. The molecular weight excluding hydrogens is 238 g/mol. The third kappa shape index (κ3) is 3.15. The molecule has 0 aliphatic carbocycles. The van der Waals surface area contributed by atoms with Crippen LogP contribution in [0.15, 0.2) is 6.07 Å². The van der Waals surface area contributed by atoms with E-state index < -0.39 is 0 Å². The molecule has 0 radical (unpaired) electrons. The third-order valence-electron chi connectivity index (χ3n) is 3.62. The van der Waals surface area contributed by atoms with Crippen molar-refractivity contribution in [1.29, 1.82) is 0 Å². The summed E-state index contributed by atoms with van der Waals surface area (Å²) in [7, 11) is 4.26. The van der Waals surface area contributed by atoms with Crippen molar-refractivity contribution in [2.45, 2.75) is 38.6 Å². The highest BCUT2D eigenvalue weighted by molar-refractivity contribution is 5.48. The average Bonchev–Trinajstić information content (AvgIpc) is 2.76. The van der Waals surface area contributed by atoms with Crippen molar-refractivity contribution in [3.8, 4) is 0 Å². The van der Waals surface area contributed by atoms with Crippen LogP contribution in [0.2, 0.25) is 0 Å². The Morgan fingerprint density at radius 2 is 2.00 bits per heavy atom. The Bertz CT molecular complexity index is 450. The molecule has 0 saturated carbocycles. The van der Waals surface area contributed by atoms with Gasteiger partial charge in [-0.3, -0.25) is 0 Å². The highest BCUT2D eigenvalue weighted by atomic mass is 15.3. The molecule has 2 N–H and O–H groups in total. The van der Waals surface area contributed by atoms with Crippen molar-refractivity contribution in [3.63, 3.8) is 0 Å². The summed E-state index contributed by atoms with van der Waals surface area (Å²) < 4.78 is 0. The number of nitrogen functional groups attached to an aromatic ring is 1. The van der Waals surface area contributed by atoms with E-state index in [1.165, 1.54) is 6.42 Å². The molecule has 1 aliphatic heterocycles. The summed E-state index contributed by atoms with van der Waals surface area (Å²) in [6.07, 6.45) is 1.17. The summed E-state index contributed by atoms with van der Waals surface area (Å²) in [5.41, 5.74) is 5.85. The van der Waals surface area contributed by atoms with Gasteiger partial charge in [-0.05, 0) is 20.5 Å². The zero-order valence-corrected chi connectivity index (χ0v) is 12.6. The lowest BCUT2D eigenvalue weighted by molar-refractivity contribution is 0.315. The van der Waals surface area contributed by atoms with Crippen molar-refractivity contribution in [2.75, 3.05) is 37.8 Å². The molecule has 0 aromatic carbocycles. The molecule has 0 amide bonds. The normalized spacial score (nSPS) is 20.3. The number of anilines is 2. The van der Waals surface area contributed by atoms with Crippen LogP contribution in [0, 0.1) is 0 Å². The lowest BCUT2D eigenvalue weighted by Crippen LogP contribution is -2.32. The maximum Gasteiger partial charge on any atom is 0.138 e. The molecule has 5 nitrogen and oxygen atoms in total. The second kappa shape index (κ2) is 4.96. The number of nitrogens with zero attached hydrogens (tertiary/aromatic N) is 4. The van der Waals surface area contributed by atoms with Gasteiger partial charge in [-0.1, -0.05) is 20.8 Å². The minimum atomic E-state index is -0.0786. The van der Waals surface area contributed by atoms with Crippen LogP contribution in [0.25, 0.3) is 0 Å². The molecule has 19 heavy (non-hydrogen) atoms. The Morgan fingerprint density at radius 1 is 1.32 bits per heavy atom. The van der Waals surface area contributed by atoms with E-state index in [1.54, 1.807) is 0 Å². The van der Waals surface area contributed by atoms with Crippen LogP contribution in [0.4, 0.5) is 11.6 Å². The molecule has 5 heteroatoms. The van der Waals surface area contributed by atoms with Crippen LogP contribution in [0.3, 0.4) is 0 Å². The lowest BCUT2D eigenvalue weighted by atomic mass is 9.96. The summed E-state index contributed by atoms with van der Waals surface area (Å²) in [5.74, 6) is 2.33. The quantitative estimate of drug-likeness (QED) is 0.876. The van der Waals surface area contributed by atoms with Gasteiger partial charge in [0.25, 0.3) is 0 Å². The number of nitrogens with two attached hydrogens (primary N) is 1. The molecule has 106 valence electrons. The van der Waals surface area contributed by atoms with Crippen LogP contribution in [0.1, 0.15) is 33.0 Å². The Morgan fingerprint density at radius 3 is 2.53 bits per heavy atom. The predicted molar refractivity (Wildman–Crippen MR) is 79.4 cm³/mol. The molecule has 1 unspecified atom stereocenters. The first-order chi connectivity index (χ1) is 8.77. The molecule has 1 aliphatic rings. The fourth-order valence-corrected chi connectivity index (χ4v) is 2.32. The molecule has 0 spiro atoms. The highest BCUT2D eigenvalue weighted by Gasteiger charge is 2.26. The topological polar surface area (TPSA) is 58.3 Å². The molecule has 1 aromatic rings. The zero-order valence-electron chi connectivity index (χ0n) is 12.6. The number of likely N-dealkylation sites (N-methyl/N-ethyl adjacent to an activating group) is 1. The molecule has 2 rings (SSSR count). The van der Waals surface area contributed by atoms with Crippen LogP contribution in [-0.4, -0.2) is 48.1 Å². The second-order valence-electron chi connectivity index (χ2n) is 6.58. The van der Waals surface area contributed by atoms with Gasteiger partial charge in [0.05, 0.1) is 0 Å². The maximum atomic E-state index is 5.93. The summed E-state index contributed by atoms with van der Waals surface area (Å²) in [5, 5.41) is 0. The van der Waals surface area contributed by atoms with E-state index in [2.05, 4.69) is 49.7 Å². The Labute approximate surface area is 115 Å². The van der Waals surface area contributed by atoms with E-state index in [1.807, 2.05) is 6.07 Å². The second-order valence-corrected chi connectivity index (χ2v) is 6.58.